The molecule has 0 bridgehead atoms. The van der Waals surface area contributed by atoms with Gasteiger partial charge in [-0.15, -0.1) is 4.65 Å². The fraction of sp³-hybridized carbons (Fsp3) is 0.0952. The topological polar surface area (TPSA) is 46.5 Å². The summed E-state index contributed by atoms with van der Waals surface area (Å²) in [5.41, 5.74) is 4.53. The largest absolute Gasteiger partial charge is 0.465 e. The van der Waals surface area contributed by atoms with Gasteiger partial charge in [0.2, 0.25) is 0 Å². The molecule has 1 aliphatic rings. The summed E-state index contributed by atoms with van der Waals surface area (Å²) in [6.07, 6.45) is 0. The Morgan fingerprint density at radius 3 is 2.54 bits per heavy atom. The molecule has 0 amide bonds. The average Bonchev–Trinajstić information content (AvgIpc) is 2.90. The van der Waals surface area contributed by atoms with Gasteiger partial charge in [0, 0.05) is 21.3 Å². The average molecular weight is 458 g/mol. The van der Waals surface area contributed by atoms with Gasteiger partial charge in [-0.3, -0.25) is 0 Å². The van der Waals surface area contributed by atoms with Crippen molar-refractivity contribution in [2.24, 2.45) is 0 Å². The minimum absolute atomic E-state index is 0.365. The minimum atomic E-state index is -0.403. The molecule has 3 aromatic carbocycles. The van der Waals surface area contributed by atoms with Crippen molar-refractivity contribution < 1.29 is 14.7 Å². The highest BCUT2D eigenvalue weighted by molar-refractivity contribution is 14.1. The number of hydrogen-bond acceptors (Lipinski definition) is 3. The second kappa shape index (κ2) is 6.50. The third kappa shape index (κ3) is 2.63. The van der Waals surface area contributed by atoms with E-state index in [-0.39, 0.29) is 4.65 Å². The molecule has 26 heavy (non-hydrogen) atoms. The van der Waals surface area contributed by atoms with E-state index >= 15 is 0 Å². The summed E-state index contributed by atoms with van der Waals surface area (Å²) in [7, 11) is 1.37. The van der Waals surface area contributed by atoms with Crippen LogP contribution in [0, 0.1) is 3.57 Å². The van der Waals surface area contributed by atoms with Crippen molar-refractivity contribution in [3.05, 3.63) is 81.4 Å². The van der Waals surface area contributed by atoms with Gasteiger partial charge < -0.3 is 4.74 Å². The van der Waals surface area contributed by atoms with Gasteiger partial charge in [0.15, 0.2) is 11.4 Å². The maximum Gasteiger partial charge on any atom is 0.338 e. The normalized spacial score (nSPS) is 17.5. The Balaban J connectivity index is 1.94. The maximum absolute atomic E-state index is 12.3. The Hall–Kier alpha value is -2.22. The molecule has 1 unspecified atom stereocenters. The Bertz CT molecular complexity index is 1020. The third-order valence-corrected chi connectivity index (χ3v) is 5.39. The van der Waals surface area contributed by atoms with E-state index in [4.69, 9.17) is 4.74 Å². The molecule has 0 spiro atoms. The fourth-order valence-corrected chi connectivity index (χ4v) is 4.23. The lowest BCUT2D eigenvalue weighted by Crippen LogP contribution is -2.37. The van der Waals surface area contributed by atoms with Gasteiger partial charge in [-0.25, -0.2) is 10.0 Å². The van der Waals surface area contributed by atoms with Crippen LogP contribution in [0.15, 0.2) is 66.7 Å². The first-order valence-corrected chi connectivity index (χ1v) is 9.29. The molecule has 3 aromatic rings. The fourth-order valence-electron chi connectivity index (χ4n) is 3.62. The van der Waals surface area contributed by atoms with Crippen molar-refractivity contribution in [1.29, 1.82) is 0 Å². The summed E-state index contributed by atoms with van der Waals surface area (Å²) >= 11 is 2.27. The van der Waals surface area contributed by atoms with Crippen LogP contribution in [0.1, 0.15) is 15.9 Å². The summed E-state index contributed by atoms with van der Waals surface area (Å²) in [6.45, 7) is 0.380. The first-order valence-electron chi connectivity index (χ1n) is 8.22. The van der Waals surface area contributed by atoms with Crippen molar-refractivity contribution >= 4 is 39.9 Å². The lowest BCUT2D eigenvalue weighted by Gasteiger charge is -2.26. The number of methoxy groups -OCH3 is 1. The van der Waals surface area contributed by atoms with Crippen LogP contribution in [0.3, 0.4) is 0 Å². The standard InChI is InChI=1S/C21H17INO3/c1-26-21(24)17-9-5-11-19-20(17)16-8-2-3-10-18(16)23(19,25)13-14-6-4-7-15(22)12-14/h2-12,25H,13H2,1H3/q+1. The third-order valence-electron chi connectivity index (χ3n) is 4.72. The molecular weight excluding hydrogens is 441 g/mol. The summed E-state index contributed by atoms with van der Waals surface area (Å²) in [6, 6.07) is 21.1. The predicted octanol–water partition coefficient (Wildman–Crippen LogP) is 5.29. The van der Waals surface area contributed by atoms with Gasteiger partial charge in [-0.2, -0.15) is 0 Å². The van der Waals surface area contributed by atoms with Gasteiger partial charge in [-0.1, -0.05) is 30.3 Å². The van der Waals surface area contributed by atoms with Gasteiger partial charge >= 0.3 is 5.97 Å². The van der Waals surface area contributed by atoms with Gasteiger partial charge in [0.05, 0.1) is 23.8 Å². The summed E-state index contributed by atoms with van der Waals surface area (Å²) in [4.78, 5) is 12.3. The van der Waals surface area contributed by atoms with Crippen LogP contribution in [0.5, 0.6) is 0 Å². The van der Waals surface area contributed by atoms with E-state index in [9.17, 15) is 10.0 Å². The molecule has 1 aliphatic heterocycles. The van der Waals surface area contributed by atoms with Crippen molar-refractivity contribution in [1.82, 2.24) is 4.65 Å². The lowest BCUT2D eigenvalue weighted by atomic mass is 10.00. The van der Waals surface area contributed by atoms with Crippen molar-refractivity contribution in [2.45, 2.75) is 6.54 Å². The van der Waals surface area contributed by atoms with E-state index < -0.39 is 5.97 Å². The summed E-state index contributed by atoms with van der Waals surface area (Å²) in [5, 5.41) is 11.7. The van der Waals surface area contributed by atoms with Crippen LogP contribution in [-0.2, 0) is 11.3 Å². The molecule has 0 radical (unpaired) electrons. The van der Waals surface area contributed by atoms with E-state index in [0.29, 0.717) is 17.8 Å². The molecule has 0 aliphatic carbocycles. The highest BCUT2D eigenvalue weighted by Crippen LogP contribution is 2.53. The number of rotatable bonds is 3. The number of carbonyl (C=O) groups is 1. The molecule has 4 rings (SSSR count). The molecule has 1 atom stereocenters. The van der Waals surface area contributed by atoms with Crippen LogP contribution in [0.2, 0.25) is 0 Å². The smallest absolute Gasteiger partial charge is 0.338 e. The second-order valence-corrected chi connectivity index (χ2v) is 7.51. The second-order valence-electron chi connectivity index (χ2n) is 6.27. The first-order chi connectivity index (χ1) is 12.5. The molecule has 1 N–H and O–H groups in total. The van der Waals surface area contributed by atoms with Crippen molar-refractivity contribution in [2.75, 3.05) is 7.11 Å². The number of esters is 1. The summed E-state index contributed by atoms with van der Waals surface area (Å²) in [5.74, 6) is -0.403. The number of benzene rings is 3. The molecule has 0 saturated heterocycles. The number of hydroxylamine groups is 1. The van der Waals surface area contributed by atoms with Crippen LogP contribution in [0.25, 0.3) is 11.1 Å². The quantitative estimate of drug-likeness (QED) is 0.330. The highest BCUT2D eigenvalue weighted by Gasteiger charge is 2.45. The number of halogens is 1. The van der Waals surface area contributed by atoms with Gasteiger partial charge in [-0.05, 0) is 46.9 Å². The predicted molar refractivity (Wildman–Crippen MR) is 109 cm³/mol. The van der Waals surface area contributed by atoms with Gasteiger partial charge in [0.1, 0.15) is 6.54 Å². The monoisotopic (exact) mass is 458 g/mol. The molecule has 1 heterocycles. The molecule has 4 nitrogen and oxygen atoms in total. The molecule has 0 aromatic heterocycles. The highest BCUT2D eigenvalue weighted by atomic mass is 127. The molecule has 0 fully saturated rings. The molecular formula is C21H17INO3+. The number of carbonyl (C=O) groups excluding carboxylic acids is 1. The molecule has 130 valence electrons. The van der Waals surface area contributed by atoms with E-state index in [1.54, 1.807) is 12.1 Å². The van der Waals surface area contributed by atoms with Gasteiger partial charge in [0.25, 0.3) is 0 Å². The zero-order valence-corrected chi connectivity index (χ0v) is 16.3. The summed E-state index contributed by atoms with van der Waals surface area (Å²) < 4.78 is 5.70. The van der Waals surface area contributed by atoms with E-state index in [2.05, 4.69) is 28.7 Å². The lowest BCUT2D eigenvalue weighted by molar-refractivity contribution is -0.0278. The minimum Gasteiger partial charge on any atom is -0.465 e. The number of ether oxygens (including phenoxy) is 1. The number of nitrogens with zero attached hydrogens (tertiary/aromatic N) is 1. The molecule has 0 saturated carbocycles. The van der Waals surface area contributed by atoms with Crippen LogP contribution in [-0.4, -0.2) is 18.3 Å². The van der Waals surface area contributed by atoms with E-state index in [0.717, 1.165) is 25.9 Å². The van der Waals surface area contributed by atoms with Crippen LogP contribution in [0.4, 0.5) is 11.4 Å². The molecule has 5 heteroatoms. The Morgan fingerprint density at radius 2 is 1.77 bits per heavy atom. The Morgan fingerprint density at radius 1 is 1.04 bits per heavy atom. The SMILES string of the molecule is COC(=O)c1cccc2c1-c1ccccc1[N+]2(O)Cc1cccc(I)c1. The van der Waals surface area contributed by atoms with Crippen molar-refractivity contribution in [3.63, 3.8) is 0 Å². The van der Waals surface area contributed by atoms with Crippen LogP contribution >= 0.6 is 22.6 Å². The maximum atomic E-state index is 12.3. The van der Waals surface area contributed by atoms with E-state index in [1.807, 2.05) is 48.5 Å². The van der Waals surface area contributed by atoms with Crippen LogP contribution < -0.4 is 4.65 Å². The zero-order valence-electron chi connectivity index (χ0n) is 14.1. The first kappa shape index (κ1) is 17.2. The Kier molecular flexibility index (Phi) is 4.30. The zero-order chi connectivity index (χ0) is 18.3. The number of para-hydroxylation sites is 1. The number of fused-ring (bicyclic) bond motifs is 3. The Labute approximate surface area is 165 Å². The number of hydrogen-bond donors (Lipinski definition) is 1. The van der Waals surface area contributed by atoms with E-state index in [1.165, 1.54) is 7.11 Å². The number of quaternary nitrogens is 1. The van der Waals surface area contributed by atoms with Crippen molar-refractivity contribution in [3.8, 4) is 11.1 Å².